The van der Waals surface area contributed by atoms with Gasteiger partial charge in [-0.2, -0.15) is 0 Å². The molecule has 0 spiro atoms. The highest BCUT2D eigenvalue weighted by atomic mass is 127. The molecule has 1 aromatic carbocycles. The van der Waals surface area contributed by atoms with Crippen LogP contribution in [0.1, 0.15) is 31.2 Å². The maximum atomic E-state index is 6.13. The Bertz CT molecular complexity index is 777. The molecule has 0 unspecified atom stereocenters. The largest absolute Gasteiger partial charge is 0.356 e. The zero-order valence-corrected chi connectivity index (χ0v) is 21.1. The summed E-state index contributed by atoms with van der Waals surface area (Å²) in [4.78, 5) is 6.82. The average molecular weight is 566 g/mol. The Hall–Kier alpha value is -1.10. The van der Waals surface area contributed by atoms with Gasteiger partial charge in [0.15, 0.2) is 5.96 Å². The molecular formula is C20H30Cl2IN7. The second-order valence-corrected chi connectivity index (χ2v) is 8.16. The highest BCUT2D eigenvalue weighted by molar-refractivity contribution is 14.0. The van der Waals surface area contributed by atoms with Gasteiger partial charge in [0.2, 0.25) is 0 Å². The van der Waals surface area contributed by atoms with Crippen molar-refractivity contribution in [3.05, 3.63) is 46.5 Å². The fourth-order valence-electron chi connectivity index (χ4n) is 3.48. The number of halogens is 3. The van der Waals surface area contributed by atoms with E-state index in [-0.39, 0.29) is 24.0 Å². The van der Waals surface area contributed by atoms with E-state index >= 15 is 0 Å². The molecule has 2 aromatic rings. The van der Waals surface area contributed by atoms with E-state index in [1.54, 1.807) is 12.7 Å². The summed E-state index contributed by atoms with van der Waals surface area (Å²) in [5.74, 6) is 0.886. The summed E-state index contributed by atoms with van der Waals surface area (Å²) in [5.41, 5.74) is 1.20. The highest BCUT2D eigenvalue weighted by Crippen LogP contribution is 2.24. The predicted octanol–water partition coefficient (Wildman–Crippen LogP) is 3.81. The Morgan fingerprint density at radius 3 is 2.53 bits per heavy atom. The molecular weight excluding hydrogens is 536 g/mol. The van der Waals surface area contributed by atoms with E-state index in [4.69, 9.17) is 23.2 Å². The third kappa shape index (κ3) is 8.20. The maximum Gasteiger partial charge on any atom is 0.191 e. The third-order valence-electron chi connectivity index (χ3n) is 5.14. The molecule has 1 aromatic heterocycles. The minimum Gasteiger partial charge on any atom is -0.356 e. The summed E-state index contributed by atoms with van der Waals surface area (Å²) in [5, 5.41) is 15.8. The molecule has 10 heteroatoms. The molecule has 1 aliphatic rings. The van der Waals surface area contributed by atoms with Crippen LogP contribution in [0, 0.1) is 0 Å². The number of guanidine groups is 1. The number of hydrogen-bond donors (Lipinski definition) is 2. The number of unbranched alkanes of at least 4 members (excludes halogenated alkanes) is 1. The SMILES string of the molecule is CN=C(NCCCCn1cnnc1)NC1CCN(Cc2ccc(Cl)c(Cl)c2)CC1.I. The number of likely N-dealkylation sites (tertiary alicyclic amines) is 1. The molecule has 30 heavy (non-hydrogen) atoms. The lowest BCUT2D eigenvalue weighted by Crippen LogP contribution is -2.48. The zero-order valence-electron chi connectivity index (χ0n) is 17.2. The second-order valence-electron chi connectivity index (χ2n) is 7.35. The number of rotatable bonds is 8. The number of hydrogen-bond acceptors (Lipinski definition) is 4. The van der Waals surface area contributed by atoms with Gasteiger partial charge in [-0.3, -0.25) is 9.89 Å². The Labute approximate surface area is 205 Å². The van der Waals surface area contributed by atoms with Crippen LogP contribution in [0.5, 0.6) is 0 Å². The van der Waals surface area contributed by atoms with Crippen molar-refractivity contribution in [2.75, 3.05) is 26.7 Å². The van der Waals surface area contributed by atoms with Crippen molar-refractivity contribution in [3.63, 3.8) is 0 Å². The van der Waals surface area contributed by atoms with Crippen molar-refractivity contribution in [1.29, 1.82) is 0 Å². The molecule has 0 aliphatic carbocycles. The first-order chi connectivity index (χ1) is 14.1. The zero-order chi connectivity index (χ0) is 20.5. The van der Waals surface area contributed by atoms with Gasteiger partial charge in [0, 0.05) is 45.8 Å². The smallest absolute Gasteiger partial charge is 0.191 e. The van der Waals surface area contributed by atoms with Crippen molar-refractivity contribution < 1.29 is 0 Å². The Kier molecular flexibility index (Phi) is 11.2. The molecule has 2 heterocycles. The van der Waals surface area contributed by atoms with Crippen LogP contribution in [0.4, 0.5) is 0 Å². The van der Waals surface area contributed by atoms with Gasteiger partial charge in [-0.1, -0.05) is 29.3 Å². The van der Waals surface area contributed by atoms with Gasteiger partial charge in [-0.25, -0.2) is 0 Å². The van der Waals surface area contributed by atoms with Crippen LogP contribution in [0.25, 0.3) is 0 Å². The quantitative estimate of drug-likeness (QED) is 0.220. The molecule has 166 valence electrons. The molecule has 1 saturated heterocycles. The molecule has 0 saturated carbocycles. The van der Waals surface area contributed by atoms with Crippen LogP contribution in [-0.2, 0) is 13.1 Å². The van der Waals surface area contributed by atoms with E-state index in [9.17, 15) is 0 Å². The van der Waals surface area contributed by atoms with Crippen LogP contribution >= 0.6 is 47.2 Å². The minimum absolute atomic E-state index is 0. The maximum absolute atomic E-state index is 6.13. The minimum atomic E-state index is 0. The van der Waals surface area contributed by atoms with Crippen molar-refractivity contribution in [1.82, 2.24) is 30.3 Å². The monoisotopic (exact) mass is 565 g/mol. The van der Waals surface area contributed by atoms with Gasteiger partial charge in [-0.15, -0.1) is 34.2 Å². The molecule has 0 atom stereocenters. The lowest BCUT2D eigenvalue weighted by molar-refractivity contribution is 0.198. The molecule has 3 rings (SSSR count). The number of aromatic nitrogens is 3. The van der Waals surface area contributed by atoms with Gasteiger partial charge in [0.25, 0.3) is 0 Å². The molecule has 1 aliphatic heterocycles. The van der Waals surface area contributed by atoms with Gasteiger partial charge in [0.1, 0.15) is 12.7 Å². The van der Waals surface area contributed by atoms with Gasteiger partial charge < -0.3 is 15.2 Å². The molecule has 0 bridgehead atoms. The van der Waals surface area contributed by atoms with Gasteiger partial charge >= 0.3 is 0 Å². The summed E-state index contributed by atoms with van der Waals surface area (Å²) >= 11 is 12.1. The van der Waals surface area contributed by atoms with E-state index in [1.807, 2.05) is 29.8 Å². The highest BCUT2D eigenvalue weighted by Gasteiger charge is 2.20. The second kappa shape index (κ2) is 13.3. The molecule has 0 amide bonds. The van der Waals surface area contributed by atoms with E-state index in [1.165, 1.54) is 5.56 Å². The first-order valence-electron chi connectivity index (χ1n) is 10.1. The summed E-state index contributed by atoms with van der Waals surface area (Å²) in [6.45, 7) is 4.85. The van der Waals surface area contributed by atoms with Gasteiger partial charge in [-0.05, 0) is 43.4 Å². The first-order valence-corrected chi connectivity index (χ1v) is 10.9. The first kappa shape index (κ1) is 25.2. The Morgan fingerprint density at radius 2 is 1.87 bits per heavy atom. The van der Waals surface area contributed by atoms with Crippen molar-refractivity contribution in [2.45, 2.75) is 44.8 Å². The van der Waals surface area contributed by atoms with Crippen LogP contribution in [0.15, 0.2) is 35.8 Å². The number of aryl methyl sites for hydroxylation is 1. The van der Waals surface area contributed by atoms with E-state index in [2.05, 4.69) is 30.7 Å². The lowest BCUT2D eigenvalue weighted by atomic mass is 10.0. The van der Waals surface area contributed by atoms with Crippen LogP contribution in [0.3, 0.4) is 0 Å². The van der Waals surface area contributed by atoms with Crippen molar-refractivity contribution >= 4 is 53.1 Å². The summed E-state index contributed by atoms with van der Waals surface area (Å²) < 4.78 is 2.00. The number of benzene rings is 1. The van der Waals surface area contributed by atoms with E-state index in [0.717, 1.165) is 64.4 Å². The van der Waals surface area contributed by atoms with Crippen LogP contribution < -0.4 is 10.6 Å². The van der Waals surface area contributed by atoms with Crippen molar-refractivity contribution in [2.24, 2.45) is 4.99 Å². The summed E-state index contributed by atoms with van der Waals surface area (Å²) in [7, 11) is 1.83. The number of nitrogens with one attached hydrogen (secondary N) is 2. The summed E-state index contributed by atoms with van der Waals surface area (Å²) in [6.07, 6.45) is 7.84. The number of aliphatic imine (C=N–C) groups is 1. The fraction of sp³-hybridized carbons (Fsp3) is 0.550. The normalized spacial score (nSPS) is 15.6. The van der Waals surface area contributed by atoms with Gasteiger partial charge in [0.05, 0.1) is 10.0 Å². The Balaban J connectivity index is 0.00000320. The number of piperidine rings is 1. The van der Waals surface area contributed by atoms with Crippen molar-refractivity contribution in [3.8, 4) is 0 Å². The Morgan fingerprint density at radius 1 is 1.13 bits per heavy atom. The fourth-order valence-corrected chi connectivity index (χ4v) is 3.80. The van der Waals surface area contributed by atoms with E-state index < -0.39 is 0 Å². The van der Waals surface area contributed by atoms with E-state index in [0.29, 0.717) is 16.1 Å². The molecule has 7 nitrogen and oxygen atoms in total. The number of nitrogens with zero attached hydrogens (tertiary/aromatic N) is 5. The predicted molar refractivity (Wildman–Crippen MR) is 134 cm³/mol. The van der Waals surface area contributed by atoms with Crippen LogP contribution in [-0.4, -0.2) is 58.3 Å². The van der Waals surface area contributed by atoms with Crippen LogP contribution in [0.2, 0.25) is 10.0 Å². The lowest BCUT2D eigenvalue weighted by Gasteiger charge is -2.33. The standard InChI is InChI=1S/C20H29Cl2N7.HI/c1-23-20(24-8-2-3-9-29-14-25-26-15-29)27-17-6-10-28(11-7-17)13-16-4-5-18(21)19(22)12-16;/h4-5,12,14-15,17H,2-3,6-11,13H2,1H3,(H2,23,24,27);1H. The third-order valence-corrected chi connectivity index (χ3v) is 5.88. The average Bonchev–Trinajstić information content (AvgIpc) is 3.24. The molecule has 0 radical (unpaired) electrons. The topological polar surface area (TPSA) is 70.4 Å². The molecule has 1 fully saturated rings. The molecule has 2 N–H and O–H groups in total. The summed E-state index contributed by atoms with van der Waals surface area (Å²) in [6, 6.07) is 6.33.